The molecule has 3 aromatic rings. The van der Waals surface area contributed by atoms with Crippen LogP contribution in [0.2, 0.25) is 0 Å². The predicted molar refractivity (Wildman–Crippen MR) is 109 cm³/mol. The van der Waals surface area contributed by atoms with Crippen LogP contribution in [0, 0.1) is 5.92 Å². The lowest BCUT2D eigenvalue weighted by molar-refractivity contribution is -0.118. The lowest BCUT2D eigenvalue weighted by atomic mass is 10.1. The van der Waals surface area contributed by atoms with Gasteiger partial charge in [0.1, 0.15) is 0 Å². The lowest BCUT2D eigenvalue weighted by Gasteiger charge is -2.11. The van der Waals surface area contributed by atoms with E-state index in [0.29, 0.717) is 16.4 Å². The molecule has 0 spiro atoms. The second kappa shape index (κ2) is 8.79. The van der Waals surface area contributed by atoms with Crippen molar-refractivity contribution in [2.75, 3.05) is 5.32 Å². The summed E-state index contributed by atoms with van der Waals surface area (Å²) in [6.07, 6.45) is 0. The molecule has 144 valence electrons. The Balaban J connectivity index is 1.69. The molecule has 1 N–H and O–H groups in total. The molecule has 0 saturated heterocycles. The number of rotatable bonds is 7. The number of benzene rings is 2. The number of anilines is 1. The van der Waals surface area contributed by atoms with Crippen molar-refractivity contribution in [3.05, 3.63) is 60.2 Å². The highest BCUT2D eigenvalue weighted by molar-refractivity contribution is 8.00. The standard InChI is InChI=1S/C20H21N5O2S/c1-13(2)19(27)21-16-11-9-15(10-12-16)18(26)14(3)28-20-22-23-24-25(20)17-7-5-4-6-8-17/h4-14H,1-3H3,(H,21,27). The molecule has 7 nitrogen and oxygen atoms in total. The fourth-order valence-electron chi connectivity index (χ4n) is 2.43. The molecule has 1 unspecified atom stereocenters. The molecule has 0 saturated carbocycles. The van der Waals surface area contributed by atoms with Gasteiger partial charge in [-0.05, 0) is 53.7 Å². The zero-order valence-corrected chi connectivity index (χ0v) is 16.7. The van der Waals surface area contributed by atoms with E-state index in [1.807, 2.05) is 51.1 Å². The molecule has 3 rings (SSSR count). The van der Waals surface area contributed by atoms with Crippen LogP contribution in [0.3, 0.4) is 0 Å². The minimum atomic E-state index is -0.371. The summed E-state index contributed by atoms with van der Waals surface area (Å²) in [7, 11) is 0. The van der Waals surface area contributed by atoms with Crippen LogP contribution in [0.5, 0.6) is 0 Å². The Morgan fingerprint density at radius 1 is 1.00 bits per heavy atom. The summed E-state index contributed by atoms with van der Waals surface area (Å²) in [5, 5.41) is 14.8. The van der Waals surface area contributed by atoms with Crippen molar-refractivity contribution in [3.63, 3.8) is 0 Å². The summed E-state index contributed by atoms with van der Waals surface area (Å²) in [6.45, 7) is 5.48. The SMILES string of the molecule is CC(C)C(=O)Nc1ccc(C(=O)C(C)Sc2nnnn2-c2ccccc2)cc1. The Kier molecular flexibility index (Phi) is 6.20. The van der Waals surface area contributed by atoms with Crippen molar-refractivity contribution in [2.45, 2.75) is 31.2 Å². The van der Waals surface area contributed by atoms with Crippen LogP contribution >= 0.6 is 11.8 Å². The number of aromatic nitrogens is 4. The summed E-state index contributed by atoms with van der Waals surface area (Å²) in [4.78, 5) is 24.5. The zero-order chi connectivity index (χ0) is 20.1. The number of tetrazole rings is 1. The van der Waals surface area contributed by atoms with E-state index in [1.165, 1.54) is 11.8 Å². The van der Waals surface area contributed by atoms with E-state index < -0.39 is 0 Å². The number of nitrogens with one attached hydrogen (secondary N) is 1. The summed E-state index contributed by atoms with van der Waals surface area (Å²) in [5.41, 5.74) is 2.07. The third-order valence-electron chi connectivity index (χ3n) is 4.05. The lowest BCUT2D eigenvalue weighted by Crippen LogP contribution is -2.18. The summed E-state index contributed by atoms with van der Waals surface area (Å²) in [5.74, 6) is -0.196. The maximum absolute atomic E-state index is 12.8. The Morgan fingerprint density at radius 2 is 1.68 bits per heavy atom. The molecule has 0 aliphatic carbocycles. The van der Waals surface area contributed by atoms with Gasteiger partial charge in [0.15, 0.2) is 5.78 Å². The Labute approximate surface area is 167 Å². The van der Waals surface area contributed by atoms with Crippen LogP contribution in [0.25, 0.3) is 5.69 Å². The molecule has 1 amide bonds. The fourth-order valence-corrected chi connectivity index (χ4v) is 3.32. The molecule has 0 bridgehead atoms. The number of Topliss-reactive ketones (excluding diaryl/α,β-unsaturated/α-hetero) is 1. The van der Waals surface area contributed by atoms with Gasteiger partial charge in [-0.25, -0.2) is 0 Å². The van der Waals surface area contributed by atoms with E-state index in [9.17, 15) is 9.59 Å². The van der Waals surface area contributed by atoms with Crippen molar-refractivity contribution >= 4 is 29.1 Å². The van der Waals surface area contributed by atoms with Crippen molar-refractivity contribution in [2.24, 2.45) is 5.92 Å². The van der Waals surface area contributed by atoms with Gasteiger partial charge in [-0.2, -0.15) is 4.68 Å². The molecule has 0 aliphatic rings. The molecule has 2 aromatic carbocycles. The first-order valence-electron chi connectivity index (χ1n) is 8.91. The summed E-state index contributed by atoms with van der Waals surface area (Å²) < 4.78 is 1.61. The second-order valence-electron chi connectivity index (χ2n) is 6.55. The number of hydrogen-bond donors (Lipinski definition) is 1. The summed E-state index contributed by atoms with van der Waals surface area (Å²) >= 11 is 1.30. The van der Waals surface area contributed by atoms with Crippen molar-refractivity contribution in [1.82, 2.24) is 20.2 Å². The molecule has 28 heavy (non-hydrogen) atoms. The molecular formula is C20H21N5O2S. The van der Waals surface area contributed by atoms with Crippen molar-refractivity contribution in [1.29, 1.82) is 0 Å². The molecule has 0 fully saturated rings. The summed E-state index contributed by atoms with van der Waals surface area (Å²) in [6, 6.07) is 16.4. The molecule has 1 heterocycles. The average Bonchev–Trinajstić information content (AvgIpc) is 3.16. The van der Waals surface area contributed by atoms with Gasteiger partial charge < -0.3 is 5.32 Å². The van der Waals surface area contributed by atoms with E-state index in [-0.39, 0.29) is 22.9 Å². The van der Waals surface area contributed by atoms with E-state index in [2.05, 4.69) is 20.8 Å². The minimum absolute atomic E-state index is 0.0330. The van der Waals surface area contributed by atoms with Gasteiger partial charge in [0.05, 0.1) is 10.9 Å². The Bertz CT molecular complexity index is 954. The van der Waals surface area contributed by atoms with E-state index in [0.717, 1.165) is 5.69 Å². The number of hydrogen-bond acceptors (Lipinski definition) is 6. The second-order valence-corrected chi connectivity index (χ2v) is 7.86. The van der Waals surface area contributed by atoms with Gasteiger partial charge in [0.2, 0.25) is 11.1 Å². The first kappa shape index (κ1) is 19.8. The van der Waals surface area contributed by atoms with Gasteiger partial charge in [-0.3, -0.25) is 9.59 Å². The van der Waals surface area contributed by atoms with Crippen LogP contribution in [0.1, 0.15) is 31.1 Å². The molecule has 8 heteroatoms. The number of para-hydroxylation sites is 1. The minimum Gasteiger partial charge on any atom is -0.326 e. The number of nitrogens with zero attached hydrogens (tertiary/aromatic N) is 4. The predicted octanol–water partition coefficient (Wildman–Crippen LogP) is 3.62. The van der Waals surface area contributed by atoms with Crippen LogP contribution in [-0.2, 0) is 4.79 Å². The number of carbonyl (C=O) groups excluding carboxylic acids is 2. The number of ketones is 1. The van der Waals surface area contributed by atoms with Gasteiger partial charge >= 0.3 is 0 Å². The zero-order valence-electron chi connectivity index (χ0n) is 15.9. The Hall–Kier alpha value is -3.00. The van der Waals surface area contributed by atoms with Gasteiger partial charge in [0.25, 0.3) is 0 Å². The highest BCUT2D eigenvalue weighted by Gasteiger charge is 2.20. The molecule has 0 aliphatic heterocycles. The van der Waals surface area contributed by atoms with Crippen LogP contribution < -0.4 is 5.32 Å². The highest BCUT2D eigenvalue weighted by atomic mass is 32.2. The Morgan fingerprint density at radius 3 is 2.32 bits per heavy atom. The van der Waals surface area contributed by atoms with E-state index in [1.54, 1.807) is 28.9 Å². The largest absolute Gasteiger partial charge is 0.326 e. The van der Waals surface area contributed by atoms with Crippen LogP contribution in [0.15, 0.2) is 59.8 Å². The molecular weight excluding hydrogens is 374 g/mol. The first-order valence-corrected chi connectivity index (χ1v) is 9.79. The maximum atomic E-state index is 12.8. The quantitative estimate of drug-likeness (QED) is 0.485. The molecule has 1 atom stereocenters. The third-order valence-corrected chi connectivity index (χ3v) is 5.09. The number of carbonyl (C=O) groups is 2. The highest BCUT2D eigenvalue weighted by Crippen LogP contribution is 2.25. The monoisotopic (exact) mass is 395 g/mol. The molecule has 0 radical (unpaired) electrons. The number of amides is 1. The maximum Gasteiger partial charge on any atom is 0.226 e. The number of thioether (sulfide) groups is 1. The third kappa shape index (κ3) is 4.64. The average molecular weight is 395 g/mol. The van der Waals surface area contributed by atoms with Gasteiger partial charge in [-0.15, -0.1) is 5.10 Å². The smallest absolute Gasteiger partial charge is 0.226 e. The van der Waals surface area contributed by atoms with Crippen molar-refractivity contribution in [3.8, 4) is 5.69 Å². The van der Waals surface area contributed by atoms with Gasteiger partial charge in [0, 0.05) is 17.2 Å². The first-order chi connectivity index (χ1) is 13.5. The van der Waals surface area contributed by atoms with Crippen LogP contribution in [-0.4, -0.2) is 37.1 Å². The van der Waals surface area contributed by atoms with Crippen LogP contribution in [0.4, 0.5) is 5.69 Å². The normalized spacial score (nSPS) is 12.0. The molecule has 1 aromatic heterocycles. The fraction of sp³-hybridized carbons (Fsp3) is 0.250. The van der Waals surface area contributed by atoms with Gasteiger partial charge in [-0.1, -0.05) is 43.8 Å². The van der Waals surface area contributed by atoms with E-state index >= 15 is 0 Å². The topological polar surface area (TPSA) is 89.8 Å². The van der Waals surface area contributed by atoms with E-state index in [4.69, 9.17) is 0 Å². The van der Waals surface area contributed by atoms with Crippen molar-refractivity contribution < 1.29 is 9.59 Å².